The van der Waals surface area contributed by atoms with E-state index in [1.165, 1.54) is 96.3 Å². The summed E-state index contributed by atoms with van der Waals surface area (Å²) in [5, 5.41) is 8.40. The number of ether oxygens (including phenoxy) is 6. The highest BCUT2D eigenvalue weighted by Gasteiger charge is 2.53. The number of phosphoric ester groups is 1. The van der Waals surface area contributed by atoms with Crippen molar-refractivity contribution in [1.29, 1.82) is 5.41 Å². The van der Waals surface area contributed by atoms with E-state index in [2.05, 4.69) is 39.2 Å². The van der Waals surface area contributed by atoms with Gasteiger partial charge < -0.3 is 28.4 Å². The summed E-state index contributed by atoms with van der Waals surface area (Å²) in [6, 6.07) is 0. The zero-order valence-corrected chi connectivity index (χ0v) is 39.9. The Morgan fingerprint density at radius 2 is 1.25 bits per heavy atom. The summed E-state index contributed by atoms with van der Waals surface area (Å²) in [5.41, 5.74) is 0. The average Bonchev–Trinajstić information content (AvgIpc) is 3.21. The van der Waals surface area contributed by atoms with Crippen molar-refractivity contribution in [2.24, 2.45) is 0 Å². The van der Waals surface area contributed by atoms with E-state index in [0.717, 1.165) is 51.4 Å². The van der Waals surface area contributed by atoms with Gasteiger partial charge in [0.05, 0.1) is 25.9 Å². The fourth-order valence-corrected chi connectivity index (χ4v) is 8.20. The Hall–Kier alpha value is -0.530. The molecule has 1 rings (SSSR count). The number of halogens is 3. The molecule has 0 radical (unpaired) electrons. The summed E-state index contributed by atoms with van der Waals surface area (Å²) < 4.78 is 65.8. The molecule has 0 spiro atoms. The molecule has 0 aromatic heterocycles. The molecule has 0 saturated carbocycles. The van der Waals surface area contributed by atoms with Crippen molar-refractivity contribution < 1.29 is 46.6 Å². The van der Waals surface area contributed by atoms with Crippen LogP contribution < -0.4 is 0 Å². The zero-order chi connectivity index (χ0) is 43.6. The molecule has 1 saturated heterocycles. The molecular formula is C44H79Cl3NO10P. The first kappa shape index (κ1) is 56.5. The van der Waals surface area contributed by atoms with Gasteiger partial charge in [0.25, 0.3) is 3.79 Å². The van der Waals surface area contributed by atoms with Crippen LogP contribution in [0.3, 0.4) is 0 Å². The summed E-state index contributed by atoms with van der Waals surface area (Å²) in [4.78, 5) is 0. The largest absolute Gasteiger partial charge is 0.475 e. The first-order valence-corrected chi connectivity index (χ1v) is 24.8. The zero-order valence-electron chi connectivity index (χ0n) is 36.7. The molecular weight excluding hydrogens is 840 g/mol. The van der Waals surface area contributed by atoms with Gasteiger partial charge in [0.1, 0.15) is 24.4 Å². The summed E-state index contributed by atoms with van der Waals surface area (Å²) in [7, 11) is -1.07. The van der Waals surface area contributed by atoms with Crippen molar-refractivity contribution >= 4 is 48.5 Å². The average molecular weight is 919 g/mol. The first-order valence-electron chi connectivity index (χ1n) is 22.2. The maximum Gasteiger partial charge on any atom is 0.475 e. The van der Waals surface area contributed by atoms with E-state index >= 15 is 0 Å². The predicted molar refractivity (Wildman–Crippen MR) is 242 cm³/mol. The number of rotatable bonds is 39. The molecule has 346 valence electrons. The van der Waals surface area contributed by atoms with E-state index in [1.807, 2.05) is 0 Å². The molecule has 0 aliphatic carbocycles. The quantitative estimate of drug-likeness (QED) is 0.0159. The van der Waals surface area contributed by atoms with Crippen molar-refractivity contribution in [3.05, 3.63) is 37.5 Å². The Bertz CT molecular complexity index is 1130. The van der Waals surface area contributed by atoms with Crippen molar-refractivity contribution in [3.63, 3.8) is 0 Å². The van der Waals surface area contributed by atoms with Crippen molar-refractivity contribution in [3.8, 4) is 0 Å². The van der Waals surface area contributed by atoms with Gasteiger partial charge >= 0.3 is 7.82 Å². The summed E-state index contributed by atoms with van der Waals surface area (Å²) in [6.07, 6.45) is 25.8. The van der Waals surface area contributed by atoms with E-state index in [0.29, 0.717) is 13.0 Å². The SMILES string of the molecule is C=CCOP(=O)(OCC=C)O[C@H]1[C@H](OCC[C@@H](CCCCCCC)OC)[C@@H](OCCCCCCCCCC/C=C/CCCCCC)C(OC(=N)C(Cl)(Cl)Cl)O[C@@H]1COC. The lowest BCUT2D eigenvalue weighted by Crippen LogP contribution is -2.62. The Morgan fingerprint density at radius 1 is 0.729 bits per heavy atom. The van der Waals surface area contributed by atoms with Crippen LogP contribution in [-0.2, 0) is 46.6 Å². The van der Waals surface area contributed by atoms with Gasteiger partial charge in [0.15, 0.2) is 0 Å². The normalized spacial score (nSPS) is 20.6. The standard InChI is InChI=1S/C44H79Cl3NO10P/c1-7-11-13-15-16-17-18-19-20-21-22-23-24-25-27-29-34-52-41-40(53-35-31-37(51-6)30-28-26-14-12-8-2)39(58-59(49,54-32-9-3)55-33-10-4)38(36-50-5)56-42(41)57-43(48)44(45,46)47/h9-10,17-18,37-42,48H,3-4,7-8,11-16,19-36H2,1-2,5-6H3/b18-17+,48-43?/t37-,38-,39-,40+,41-,42?/m1/s1. The van der Waals surface area contributed by atoms with Gasteiger partial charge in [-0.05, 0) is 44.9 Å². The number of nitrogens with one attached hydrogen (secondary N) is 1. The van der Waals surface area contributed by atoms with Crippen molar-refractivity contribution in [2.75, 3.05) is 47.3 Å². The Morgan fingerprint density at radius 3 is 1.80 bits per heavy atom. The maximum atomic E-state index is 14.0. The van der Waals surface area contributed by atoms with Crippen LogP contribution in [0.25, 0.3) is 0 Å². The molecule has 1 heterocycles. The second-order valence-corrected chi connectivity index (χ2v) is 19.0. The highest BCUT2D eigenvalue weighted by atomic mass is 35.6. The molecule has 0 aromatic carbocycles. The minimum Gasteiger partial charge on any atom is -0.445 e. The fraction of sp³-hybridized carbons (Fsp3) is 0.841. The highest BCUT2D eigenvalue weighted by molar-refractivity contribution is 7.48. The van der Waals surface area contributed by atoms with Crippen LogP contribution in [0.1, 0.15) is 149 Å². The maximum absolute atomic E-state index is 14.0. The van der Waals surface area contributed by atoms with Gasteiger partial charge in [0.2, 0.25) is 12.2 Å². The van der Waals surface area contributed by atoms with Crippen LogP contribution in [0.4, 0.5) is 0 Å². The number of hydrogen-bond donors (Lipinski definition) is 1. The van der Waals surface area contributed by atoms with Crippen molar-refractivity contribution in [2.45, 2.75) is 189 Å². The molecule has 1 aliphatic heterocycles. The third-order valence-corrected chi connectivity index (χ3v) is 12.0. The molecule has 59 heavy (non-hydrogen) atoms. The lowest BCUT2D eigenvalue weighted by Gasteiger charge is -2.46. The Labute approximate surface area is 373 Å². The molecule has 11 nitrogen and oxygen atoms in total. The highest BCUT2D eigenvalue weighted by Crippen LogP contribution is 2.53. The van der Waals surface area contributed by atoms with E-state index in [4.69, 9.17) is 82.2 Å². The van der Waals surface area contributed by atoms with Crippen LogP contribution in [0, 0.1) is 5.41 Å². The van der Waals surface area contributed by atoms with Gasteiger partial charge in [-0.3, -0.25) is 19.0 Å². The van der Waals surface area contributed by atoms with Gasteiger partial charge in [-0.25, -0.2) is 4.57 Å². The molecule has 6 atom stereocenters. The summed E-state index contributed by atoms with van der Waals surface area (Å²) in [6.45, 7) is 12.0. The number of phosphoric acid groups is 1. The van der Waals surface area contributed by atoms with Gasteiger partial charge in [-0.15, -0.1) is 13.2 Å². The fourth-order valence-electron chi connectivity index (χ4n) is 6.74. The summed E-state index contributed by atoms with van der Waals surface area (Å²) >= 11 is 18.2. The van der Waals surface area contributed by atoms with Gasteiger partial charge in [0, 0.05) is 27.4 Å². The number of alkyl halides is 3. The third-order valence-electron chi connectivity index (χ3n) is 10.0. The van der Waals surface area contributed by atoms with Crippen LogP contribution >= 0.6 is 42.6 Å². The number of methoxy groups -OCH3 is 2. The first-order chi connectivity index (χ1) is 28.5. The number of hydrogen-bond acceptors (Lipinski definition) is 11. The van der Waals surface area contributed by atoms with Crippen LogP contribution in [-0.4, -0.2) is 93.8 Å². The molecule has 15 heteroatoms. The lowest BCUT2D eigenvalue weighted by molar-refractivity contribution is -0.298. The van der Waals surface area contributed by atoms with E-state index in [-0.39, 0.29) is 32.5 Å². The van der Waals surface area contributed by atoms with E-state index in [1.54, 1.807) is 7.11 Å². The van der Waals surface area contributed by atoms with Crippen LogP contribution in [0.15, 0.2) is 37.5 Å². The number of unbranched alkanes of at least 4 members (excludes halogenated alkanes) is 16. The lowest BCUT2D eigenvalue weighted by atomic mass is 9.98. The van der Waals surface area contributed by atoms with Crippen molar-refractivity contribution in [1.82, 2.24) is 0 Å². The molecule has 1 N–H and O–H groups in total. The smallest absolute Gasteiger partial charge is 0.445 e. The second kappa shape index (κ2) is 35.9. The monoisotopic (exact) mass is 917 g/mol. The minimum atomic E-state index is -4.25. The van der Waals surface area contributed by atoms with E-state index in [9.17, 15) is 4.57 Å². The van der Waals surface area contributed by atoms with Crippen LogP contribution in [0.2, 0.25) is 0 Å². The molecule has 1 unspecified atom stereocenters. The minimum absolute atomic E-state index is 0.0462. The molecule has 1 fully saturated rings. The summed E-state index contributed by atoms with van der Waals surface area (Å²) in [5.74, 6) is -0.661. The van der Waals surface area contributed by atoms with Gasteiger partial charge in [-0.1, -0.05) is 163 Å². The van der Waals surface area contributed by atoms with Gasteiger partial charge in [-0.2, -0.15) is 0 Å². The molecule has 0 bridgehead atoms. The number of allylic oxidation sites excluding steroid dienone is 2. The topological polar surface area (TPSA) is 124 Å². The molecule has 1 aliphatic rings. The van der Waals surface area contributed by atoms with E-state index < -0.39 is 48.2 Å². The molecule has 0 aromatic rings. The Kier molecular flexibility index (Phi) is 34.3. The Balaban J connectivity index is 3.11. The van der Waals surface area contributed by atoms with Crippen LogP contribution in [0.5, 0.6) is 0 Å². The predicted octanol–water partition coefficient (Wildman–Crippen LogP) is 13.2. The molecule has 0 amide bonds. The second-order valence-electron chi connectivity index (χ2n) is 15.1. The third kappa shape index (κ3) is 26.6.